The Bertz CT molecular complexity index is 676. The van der Waals surface area contributed by atoms with Crippen LogP contribution in [-0.4, -0.2) is 44.1 Å². The number of methoxy groups -OCH3 is 1. The highest BCUT2D eigenvalue weighted by atomic mass is 16.5. The Hall–Kier alpha value is -2.57. The maximum Gasteiger partial charge on any atom is 0.325 e. The van der Waals surface area contributed by atoms with Gasteiger partial charge in [-0.15, -0.1) is 0 Å². The molecule has 0 aromatic heterocycles. The molecule has 0 radical (unpaired) electrons. The summed E-state index contributed by atoms with van der Waals surface area (Å²) in [7, 11) is 1.51. The summed E-state index contributed by atoms with van der Waals surface area (Å²) in [5, 5.41) is 5.41. The molecule has 0 aliphatic heterocycles. The second kappa shape index (κ2) is 9.94. The molecule has 0 heterocycles. The number of esters is 1. The summed E-state index contributed by atoms with van der Waals surface area (Å²) >= 11 is 0. The van der Waals surface area contributed by atoms with E-state index in [9.17, 15) is 14.4 Å². The van der Waals surface area contributed by atoms with Gasteiger partial charge in [-0.1, -0.05) is 32.8 Å². The molecule has 0 bridgehead atoms. The molecule has 2 N–H and O–H groups in total. The van der Waals surface area contributed by atoms with E-state index in [2.05, 4.69) is 24.5 Å². The van der Waals surface area contributed by atoms with Crippen molar-refractivity contribution >= 4 is 17.8 Å². The van der Waals surface area contributed by atoms with Gasteiger partial charge in [-0.3, -0.25) is 14.4 Å². The van der Waals surface area contributed by atoms with E-state index in [-0.39, 0.29) is 25.1 Å². The molecule has 7 heteroatoms. The summed E-state index contributed by atoms with van der Waals surface area (Å²) < 4.78 is 10.0. The zero-order valence-corrected chi connectivity index (χ0v) is 16.1. The average molecular weight is 376 g/mol. The van der Waals surface area contributed by atoms with Crippen LogP contribution in [-0.2, 0) is 14.3 Å². The normalized spacial score (nSPS) is 21.8. The van der Waals surface area contributed by atoms with Gasteiger partial charge in [0, 0.05) is 11.6 Å². The van der Waals surface area contributed by atoms with Gasteiger partial charge < -0.3 is 20.1 Å². The van der Waals surface area contributed by atoms with E-state index in [0.29, 0.717) is 23.1 Å². The van der Waals surface area contributed by atoms with Gasteiger partial charge >= 0.3 is 5.97 Å². The summed E-state index contributed by atoms with van der Waals surface area (Å²) in [5.74, 6) is 0.132. The van der Waals surface area contributed by atoms with Crippen molar-refractivity contribution in [3.63, 3.8) is 0 Å². The van der Waals surface area contributed by atoms with E-state index >= 15 is 0 Å². The molecule has 0 spiro atoms. The Labute approximate surface area is 159 Å². The Morgan fingerprint density at radius 3 is 2.70 bits per heavy atom. The first-order valence-electron chi connectivity index (χ1n) is 9.28. The van der Waals surface area contributed by atoms with E-state index < -0.39 is 11.9 Å². The predicted octanol–water partition coefficient (Wildman–Crippen LogP) is 1.91. The van der Waals surface area contributed by atoms with Gasteiger partial charge in [0.25, 0.3) is 11.8 Å². The molecular weight excluding hydrogens is 348 g/mol. The summed E-state index contributed by atoms with van der Waals surface area (Å²) in [6.45, 7) is 3.68. The van der Waals surface area contributed by atoms with Gasteiger partial charge in [0.1, 0.15) is 12.3 Å². The third kappa shape index (κ3) is 6.27. The lowest BCUT2D eigenvalue weighted by Crippen LogP contribution is -2.45. The number of nitrogens with one attached hydrogen (secondary N) is 2. The lowest BCUT2D eigenvalue weighted by Gasteiger charge is -2.34. The summed E-state index contributed by atoms with van der Waals surface area (Å²) in [4.78, 5) is 35.8. The average Bonchev–Trinajstić information content (AvgIpc) is 2.68. The highest BCUT2D eigenvalue weighted by molar-refractivity contribution is 5.96. The first kappa shape index (κ1) is 20.7. The molecule has 1 aromatic rings. The summed E-state index contributed by atoms with van der Waals surface area (Å²) in [6.07, 6.45) is 3.21. The number of hydrogen-bond acceptors (Lipinski definition) is 5. The number of amides is 2. The molecule has 2 rings (SSSR count). The molecule has 0 saturated heterocycles. The molecule has 148 valence electrons. The molecule has 1 aromatic carbocycles. The Morgan fingerprint density at radius 2 is 1.96 bits per heavy atom. The Morgan fingerprint density at radius 1 is 1.19 bits per heavy atom. The van der Waals surface area contributed by atoms with Crippen molar-refractivity contribution in [3.05, 3.63) is 29.8 Å². The molecule has 1 fully saturated rings. The van der Waals surface area contributed by atoms with Gasteiger partial charge in [-0.25, -0.2) is 0 Å². The van der Waals surface area contributed by atoms with Crippen LogP contribution in [0.3, 0.4) is 0 Å². The second-order valence-electron chi connectivity index (χ2n) is 7.02. The van der Waals surface area contributed by atoms with Gasteiger partial charge in [-0.2, -0.15) is 0 Å². The molecule has 3 atom stereocenters. The van der Waals surface area contributed by atoms with Gasteiger partial charge in [-0.05, 0) is 36.5 Å². The highest BCUT2D eigenvalue weighted by Gasteiger charge is 2.28. The zero-order valence-electron chi connectivity index (χ0n) is 16.1. The lowest BCUT2D eigenvalue weighted by atomic mass is 9.78. The van der Waals surface area contributed by atoms with Crippen molar-refractivity contribution in [2.24, 2.45) is 11.8 Å². The second-order valence-corrected chi connectivity index (χ2v) is 7.02. The number of carbonyl (C=O) groups excluding carboxylic acids is 3. The minimum Gasteiger partial charge on any atom is -0.497 e. The van der Waals surface area contributed by atoms with Crippen LogP contribution >= 0.6 is 0 Å². The van der Waals surface area contributed by atoms with Crippen molar-refractivity contribution in [2.45, 2.75) is 39.2 Å². The van der Waals surface area contributed by atoms with Crippen LogP contribution in [0.4, 0.5) is 0 Å². The maximum atomic E-state index is 12.0. The van der Waals surface area contributed by atoms with Crippen LogP contribution < -0.4 is 15.4 Å². The molecular formula is C20H28N2O5. The van der Waals surface area contributed by atoms with E-state index in [1.54, 1.807) is 24.3 Å². The first-order chi connectivity index (χ1) is 12.9. The van der Waals surface area contributed by atoms with Crippen molar-refractivity contribution in [3.8, 4) is 5.75 Å². The minimum atomic E-state index is -0.661. The Kier molecular flexibility index (Phi) is 7.64. The molecule has 27 heavy (non-hydrogen) atoms. The molecule has 1 aliphatic carbocycles. The number of benzene rings is 1. The third-order valence-corrected chi connectivity index (χ3v) is 5.14. The fourth-order valence-electron chi connectivity index (χ4n) is 3.25. The summed E-state index contributed by atoms with van der Waals surface area (Å²) in [5.41, 5.74) is 0.375. The fraction of sp³-hybridized carbons (Fsp3) is 0.550. The fourth-order valence-corrected chi connectivity index (χ4v) is 3.25. The van der Waals surface area contributed by atoms with Crippen LogP contribution in [0.2, 0.25) is 0 Å². The van der Waals surface area contributed by atoms with Gasteiger partial charge in [0.15, 0.2) is 6.61 Å². The van der Waals surface area contributed by atoms with Crippen molar-refractivity contribution < 1.29 is 23.9 Å². The van der Waals surface area contributed by atoms with Crippen LogP contribution in [0.1, 0.15) is 43.5 Å². The molecule has 1 saturated carbocycles. The topological polar surface area (TPSA) is 93.7 Å². The smallest absolute Gasteiger partial charge is 0.325 e. The SMILES string of the molecule is COc1cccc(C(=O)NCC(=O)OCC(=O)N[C@H]2CCC[C@@H](C)[C@H]2C)c1. The first-order valence-corrected chi connectivity index (χ1v) is 9.28. The zero-order chi connectivity index (χ0) is 19.8. The van der Waals surface area contributed by atoms with E-state index in [1.165, 1.54) is 13.5 Å². The van der Waals surface area contributed by atoms with E-state index in [0.717, 1.165) is 12.8 Å². The van der Waals surface area contributed by atoms with Gasteiger partial charge in [0.2, 0.25) is 0 Å². The minimum absolute atomic E-state index is 0.118. The number of rotatable bonds is 7. The lowest BCUT2D eigenvalue weighted by molar-refractivity contribution is -0.147. The summed E-state index contributed by atoms with van der Waals surface area (Å²) in [6, 6.07) is 6.71. The monoisotopic (exact) mass is 376 g/mol. The largest absolute Gasteiger partial charge is 0.497 e. The van der Waals surface area contributed by atoms with Crippen LogP contribution in [0.5, 0.6) is 5.75 Å². The van der Waals surface area contributed by atoms with Crippen LogP contribution in [0, 0.1) is 11.8 Å². The number of carbonyl (C=O) groups is 3. The third-order valence-electron chi connectivity index (χ3n) is 5.14. The number of hydrogen-bond donors (Lipinski definition) is 2. The molecule has 0 unspecified atom stereocenters. The van der Waals surface area contributed by atoms with Crippen molar-refractivity contribution in [1.29, 1.82) is 0 Å². The van der Waals surface area contributed by atoms with Gasteiger partial charge in [0.05, 0.1) is 7.11 Å². The quantitative estimate of drug-likeness (QED) is 0.709. The predicted molar refractivity (Wildman–Crippen MR) is 100 cm³/mol. The molecule has 1 aliphatic rings. The maximum absolute atomic E-state index is 12.0. The van der Waals surface area contributed by atoms with Crippen molar-refractivity contribution in [1.82, 2.24) is 10.6 Å². The van der Waals surface area contributed by atoms with E-state index in [1.807, 2.05) is 0 Å². The number of ether oxygens (including phenoxy) is 2. The standard InChI is InChI=1S/C20H28N2O5/c1-13-6-4-9-17(14(13)2)22-18(23)12-27-19(24)11-21-20(25)15-7-5-8-16(10-15)26-3/h5,7-8,10,13-14,17H,4,6,9,11-12H2,1-3H3,(H,21,25)(H,22,23)/t13-,14-,17+/m1/s1. The van der Waals surface area contributed by atoms with E-state index in [4.69, 9.17) is 9.47 Å². The van der Waals surface area contributed by atoms with Crippen LogP contribution in [0.25, 0.3) is 0 Å². The highest BCUT2D eigenvalue weighted by Crippen LogP contribution is 2.29. The molecule has 2 amide bonds. The van der Waals surface area contributed by atoms with Crippen LogP contribution in [0.15, 0.2) is 24.3 Å². The van der Waals surface area contributed by atoms with Crippen molar-refractivity contribution in [2.75, 3.05) is 20.3 Å². The molecule has 7 nitrogen and oxygen atoms in total. The Balaban J connectivity index is 1.71.